The minimum atomic E-state index is -1.47. The van der Waals surface area contributed by atoms with Crippen molar-refractivity contribution in [2.75, 3.05) is 5.73 Å². The molecule has 0 aliphatic rings. The van der Waals surface area contributed by atoms with Crippen molar-refractivity contribution < 1.29 is 19.8 Å². The van der Waals surface area contributed by atoms with E-state index in [4.69, 9.17) is 15.9 Å². The third kappa shape index (κ3) is 2.84. The van der Waals surface area contributed by atoms with E-state index in [0.717, 1.165) is 6.08 Å². The lowest BCUT2D eigenvalue weighted by atomic mass is 10.1. The minimum absolute atomic E-state index is 0.476. The van der Waals surface area contributed by atoms with Gasteiger partial charge < -0.3 is 15.9 Å². The van der Waals surface area contributed by atoms with Crippen LogP contribution in [0.2, 0.25) is 0 Å². The number of hydrogen-bond acceptors (Lipinski definition) is 3. The highest BCUT2D eigenvalue weighted by Gasteiger charge is 2.15. The SMILES string of the molecule is Nc1ccc(C=C(C(=O)O)C(=O)O)cc1. The summed E-state index contributed by atoms with van der Waals surface area (Å²) in [6.07, 6.45) is 1.07. The molecule has 0 bridgehead atoms. The van der Waals surface area contributed by atoms with Crippen LogP contribution < -0.4 is 5.73 Å². The molecule has 0 amide bonds. The molecule has 0 fully saturated rings. The van der Waals surface area contributed by atoms with Crippen LogP contribution in [0.1, 0.15) is 5.56 Å². The standard InChI is InChI=1S/C10H9NO4/c11-7-3-1-6(2-4-7)5-8(9(12)13)10(14)15/h1-5H,11H2,(H,12,13)(H,14,15). The minimum Gasteiger partial charge on any atom is -0.477 e. The van der Waals surface area contributed by atoms with Crippen LogP contribution in [0.4, 0.5) is 5.69 Å². The fourth-order valence-corrected chi connectivity index (χ4v) is 0.974. The number of nitrogen functional groups attached to an aromatic ring is 1. The summed E-state index contributed by atoms with van der Waals surface area (Å²) in [5.41, 5.74) is 5.75. The van der Waals surface area contributed by atoms with E-state index in [2.05, 4.69) is 0 Å². The number of anilines is 1. The van der Waals surface area contributed by atoms with Crippen molar-refractivity contribution in [3.8, 4) is 0 Å². The first-order valence-corrected chi connectivity index (χ1v) is 4.04. The van der Waals surface area contributed by atoms with E-state index >= 15 is 0 Å². The zero-order valence-electron chi connectivity index (χ0n) is 7.68. The average molecular weight is 207 g/mol. The van der Waals surface area contributed by atoms with Crippen molar-refractivity contribution in [2.45, 2.75) is 0 Å². The van der Waals surface area contributed by atoms with E-state index in [0.29, 0.717) is 11.3 Å². The summed E-state index contributed by atoms with van der Waals surface area (Å²) >= 11 is 0. The zero-order valence-corrected chi connectivity index (χ0v) is 7.68. The second-order valence-corrected chi connectivity index (χ2v) is 2.83. The Kier molecular flexibility index (Phi) is 3.07. The Balaban J connectivity index is 3.08. The van der Waals surface area contributed by atoms with E-state index in [1.54, 1.807) is 24.3 Å². The Bertz CT molecular complexity index is 404. The third-order valence-electron chi connectivity index (χ3n) is 1.71. The number of benzene rings is 1. The Morgan fingerprint density at radius 2 is 1.53 bits per heavy atom. The topological polar surface area (TPSA) is 101 Å². The molecule has 0 radical (unpaired) electrons. The first kappa shape index (κ1) is 10.8. The van der Waals surface area contributed by atoms with Gasteiger partial charge in [-0.15, -0.1) is 0 Å². The molecule has 1 rings (SSSR count). The predicted octanol–water partition coefficient (Wildman–Crippen LogP) is 0.821. The van der Waals surface area contributed by atoms with Crippen LogP contribution in [0.25, 0.3) is 6.08 Å². The molecule has 78 valence electrons. The van der Waals surface area contributed by atoms with Gasteiger partial charge in [-0.3, -0.25) is 0 Å². The van der Waals surface area contributed by atoms with Gasteiger partial charge in [-0.05, 0) is 23.8 Å². The van der Waals surface area contributed by atoms with Crippen molar-refractivity contribution in [1.82, 2.24) is 0 Å². The molecule has 1 aromatic rings. The highest BCUT2D eigenvalue weighted by molar-refractivity contribution is 6.16. The van der Waals surface area contributed by atoms with Crippen LogP contribution in [-0.2, 0) is 9.59 Å². The summed E-state index contributed by atoms with van der Waals surface area (Å²) in [5, 5.41) is 17.2. The number of carboxylic acid groups (broad SMARTS) is 2. The second kappa shape index (κ2) is 4.28. The molecule has 0 unspecified atom stereocenters. The predicted molar refractivity (Wildman–Crippen MR) is 54.1 cm³/mol. The summed E-state index contributed by atoms with van der Waals surface area (Å²) in [6.45, 7) is 0. The number of carboxylic acids is 2. The summed E-state index contributed by atoms with van der Waals surface area (Å²) in [5.74, 6) is -2.95. The quantitative estimate of drug-likeness (QED) is 0.295. The van der Waals surface area contributed by atoms with Crippen molar-refractivity contribution in [3.63, 3.8) is 0 Å². The van der Waals surface area contributed by atoms with Crippen LogP contribution in [0.5, 0.6) is 0 Å². The molecule has 0 atom stereocenters. The number of nitrogens with two attached hydrogens (primary N) is 1. The monoisotopic (exact) mass is 207 g/mol. The van der Waals surface area contributed by atoms with E-state index in [1.165, 1.54) is 0 Å². The molecule has 15 heavy (non-hydrogen) atoms. The fraction of sp³-hybridized carbons (Fsp3) is 0. The van der Waals surface area contributed by atoms with Crippen LogP contribution >= 0.6 is 0 Å². The lowest BCUT2D eigenvalue weighted by molar-refractivity contribution is -0.139. The molecular formula is C10H9NO4. The molecule has 0 aliphatic carbocycles. The molecule has 0 saturated heterocycles. The molecule has 0 aromatic heterocycles. The first-order valence-electron chi connectivity index (χ1n) is 4.04. The van der Waals surface area contributed by atoms with E-state index in [9.17, 15) is 9.59 Å². The maximum Gasteiger partial charge on any atom is 0.343 e. The van der Waals surface area contributed by atoms with Gasteiger partial charge >= 0.3 is 11.9 Å². The van der Waals surface area contributed by atoms with E-state index < -0.39 is 17.5 Å². The highest BCUT2D eigenvalue weighted by atomic mass is 16.4. The van der Waals surface area contributed by atoms with Gasteiger partial charge in [-0.25, -0.2) is 9.59 Å². The molecular weight excluding hydrogens is 198 g/mol. The van der Waals surface area contributed by atoms with Crippen LogP contribution in [0.15, 0.2) is 29.8 Å². The molecule has 0 spiro atoms. The Morgan fingerprint density at radius 3 is 1.93 bits per heavy atom. The molecule has 5 nitrogen and oxygen atoms in total. The van der Waals surface area contributed by atoms with Gasteiger partial charge in [0.25, 0.3) is 0 Å². The van der Waals surface area contributed by atoms with Crippen LogP contribution in [-0.4, -0.2) is 22.2 Å². The molecule has 0 saturated carbocycles. The van der Waals surface area contributed by atoms with Crippen LogP contribution in [0.3, 0.4) is 0 Å². The molecule has 1 aromatic carbocycles. The molecule has 0 heterocycles. The van der Waals surface area contributed by atoms with Crippen LogP contribution in [0, 0.1) is 0 Å². The first-order chi connectivity index (χ1) is 7.00. The zero-order chi connectivity index (χ0) is 11.4. The van der Waals surface area contributed by atoms with Gasteiger partial charge in [-0.2, -0.15) is 0 Å². The number of rotatable bonds is 3. The summed E-state index contributed by atoms with van der Waals surface area (Å²) in [6, 6.07) is 6.21. The van der Waals surface area contributed by atoms with Crippen molar-refractivity contribution in [1.29, 1.82) is 0 Å². The smallest absolute Gasteiger partial charge is 0.343 e. The summed E-state index contributed by atoms with van der Waals surface area (Å²) in [4.78, 5) is 21.1. The van der Waals surface area contributed by atoms with E-state index in [1.807, 2.05) is 0 Å². The summed E-state index contributed by atoms with van der Waals surface area (Å²) in [7, 11) is 0. The Hall–Kier alpha value is -2.30. The van der Waals surface area contributed by atoms with Crippen molar-refractivity contribution >= 4 is 23.7 Å². The van der Waals surface area contributed by atoms with Gasteiger partial charge in [0.05, 0.1) is 0 Å². The number of carbonyl (C=O) groups is 2. The lowest BCUT2D eigenvalue weighted by Gasteiger charge is -1.97. The largest absolute Gasteiger partial charge is 0.477 e. The molecule has 4 N–H and O–H groups in total. The van der Waals surface area contributed by atoms with Gasteiger partial charge in [0.15, 0.2) is 0 Å². The Morgan fingerprint density at radius 1 is 1.07 bits per heavy atom. The van der Waals surface area contributed by atoms with Gasteiger partial charge in [-0.1, -0.05) is 12.1 Å². The second-order valence-electron chi connectivity index (χ2n) is 2.83. The lowest BCUT2D eigenvalue weighted by Crippen LogP contribution is -2.10. The fourth-order valence-electron chi connectivity index (χ4n) is 0.974. The number of aliphatic carboxylic acids is 2. The van der Waals surface area contributed by atoms with Crippen molar-refractivity contribution in [3.05, 3.63) is 35.4 Å². The van der Waals surface area contributed by atoms with Gasteiger partial charge in [0.1, 0.15) is 5.57 Å². The van der Waals surface area contributed by atoms with Gasteiger partial charge in [0, 0.05) is 5.69 Å². The number of hydrogen-bond donors (Lipinski definition) is 3. The molecule has 0 aliphatic heterocycles. The summed E-state index contributed by atoms with van der Waals surface area (Å²) < 4.78 is 0. The van der Waals surface area contributed by atoms with Crippen molar-refractivity contribution in [2.24, 2.45) is 0 Å². The average Bonchev–Trinajstić information content (AvgIpc) is 2.15. The normalized spacial score (nSPS) is 9.33. The highest BCUT2D eigenvalue weighted by Crippen LogP contribution is 2.10. The van der Waals surface area contributed by atoms with Gasteiger partial charge in [0.2, 0.25) is 0 Å². The maximum atomic E-state index is 10.5. The maximum absolute atomic E-state index is 10.5. The molecule has 5 heteroatoms. The Labute approximate surface area is 85.5 Å². The van der Waals surface area contributed by atoms with E-state index in [-0.39, 0.29) is 0 Å². The third-order valence-corrected chi connectivity index (χ3v) is 1.71.